The van der Waals surface area contributed by atoms with E-state index < -0.39 is 10.0 Å². The van der Waals surface area contributed by atoms with Gasteiger partial charge in [0.25, 0.3) is 0 Å². The van der Waals surface area contributed by atoms with Gasteiger partial charge < -0.3 is 0 Å². The van der Waals surface area contributed by atoms with Crippen molar-refractivity contribution in [3.05, 3.63) is 15.6 Å². The number of hydrogen-bond acceptors (Lipinski definition) is 5. The molecule has 1 saturated heterocycles. The Labute approximate surface area is 137 Å². The first-order valence-electron chi connectivity index (χ1n) is 8.17. The van der Waals surface area contributed by atoms with E-state index in [1.165, 1.54) is 47.5 Å². The zero-order valence-electron chi connectivity index (χ0n) is 13.2. The van der Waals surface area contributed by atoms with Crippen LogP contribution in [0.5, 0.6) is 0 Å². The van der Waals surface area contributed by atoms with Crippen molar-refractivity contribution in [2.75, 3.05) is 19.3 Å². The lowest BCUT2D eigenvalue weighted by atomic mass is 9.99. The van der Waals surface area contributed by atoms with Crippen LogP contribution in [0.4, 0.5) is 0 Å². The minimum Gasteiger partial charge on any atom is -0.294 e. The van der Waals surface area contributed by atoms with Gasteiger partial charge in [-0.1, -0.05) is 6.42 Å². The lowest BCUT2D eigenvalue weighted by Gasteiger charge is -2.35. The molecular weight excluding hydrogens is 318 g/mol. The molecule has 1 aliphatic heterocycles. The highest BCUT2D eigenvalue weighted by atomic mass is 32.2. The monoisotopic (exact) mass is 343 g/mol. The highest BCUT2D eigenvalue weighted by molar-refractivity contribution is 7.88. The number of hydrogen-bond donors (Lipinski definition) is 1. The normalized spacial score (nSPS) is 22.9. The number of nitrogens with zero attached hydrogens (tertiary/aromatic N) is 2. The summed E-state index contributed by atoms with van der Waals surface area (Å²) < 4.78 is 25.0. The van der Waals surface area contributed by atoms with Crippen LogP contribution in [0.25, 0.3) is 0 Å². The molecule has 0 unspecified atom stereocenters. The molecule has 2 heterocycles. The van der Waals surface area contributed by atoms with Crippen molar-refractivity contribution < 1.29 is 8.42 Å². The Morgan fingerprint density at radius 2 is 2.18 bits per heavy atom. The maximum Gasteiger partial charge on any atom is 0.208 e. The number of thiazole rings is 1. The molecule has 3 rings (SSSR count). The highest BCUT2D eigenvalue weighted by Crippen LogP contribution is 2.30. The van der Waals surface area contributed by atoms with Crippen LogP contribution in [-0.4, -0.2) is 43.7 Å². The molecule has 0 amide bonds. The number of nitrogens with one attached hydrogen (secondary N) is 1. The number of aryl methyl sites for hydroxylation is 2. The van der Waals surface area contributed by atoms with Gasteiger partial charge in [0.2, 0.25) is 10.0 Å². The van der Waals surface area contributed by atoms with Gasteiger partial charge in [0.1, 0.15) is 5.01 Å². The molecule has 0 saturated carbocycles. The summed E-state index contributed by atoms with van der Waals surface area (Å²) in [6, 6.07) is 0.474. The van der Waals surface area contributed by atoms with E-state index in [1.807, 2.05) is 11.3 Å². The fourth-order valence-electron chi connectivity index (χ4n) is 3.49. The van der Waals surface area contributed by atoms with Gasteiger partial charge in [-0.2, -0.15) is 0 Å². The molecule has 0 radical (unpaired) electrons. The lowest BCUT2D eigenvalue weighted by Crippen LogP contribution is -2.41. The molecule has 1 aromatic rings. The van der Waals surface area contributed by atoms with Gasteiger partial charge in [0.05, 0.1) is 18.5 Å². The molecule has 5 nitrogen and oxygen atoms in total. The van der Waals surface area contributed by atoms with Gasteiger partial charge in [-0.3, -0.25) is 4.90 Å². The SMILES string of the molecule is CS(=O)(=O)NCC[C@H]1CCCCN1Cc1nc2c(s1)CCC2. The predicted octanol–water partition coefficient (Wildman–Crippen LogP) is 1.93. The van der Waals surface area contributed by atoms with Gasteiger partial charge in [-0.15, -0.1) is 11.3 Å². The highest BCUT2D eigenvalue weighted by Gasteiger charge is 2.25. The van der Waals surface area contributed by atoms with E-state index in [0.717, 1.165) is 32.4 Å². The predicted molar refractivity (Wildman–Crippen MR) is 89.7 cm³/mol. The first-order chi connectivity index (χ1) is 10.5. The first kappa shape index (κ1) is 16.4. The molecule has 1 N–H and O–H groups in total. The summed E-state index contributed by atoms with van der Waals surface area (Å²) in [5.41, 5.74) is 1.33. The van der Waals surface area contributed by atoms with Crippen LogP contribution in [0.15, 0.2) is 0 Å². The molecule has 0 bridgehead atoms. The molecular formula is C15H25N3O2S2. The number of aromatic nitrogens is 1. The number of piperidine rings is 1. The number of fused-ring (bicyclic) bond motifs is 1. The Bertz CT molecular complexity index is 591. The number of likely N-dealkylation sites (tertiary alicyclic amines) is 1. The van der Waals surface area contributed by atoms with Gasteiger partial charge in [-0.25, -0.2) is 18.1 Å². The maximum absolute atomic E-state index is 11.2. The Morgan fingerprint density at radius 3 is 2.95 bits per heavy atom. The van der Waals surface area contributed by atoms with Crippen molar-refractivity contribution >= 4 is 21.4 Å². The zero-order valence-corrected chi connectivity index (χ0v) is 14.8. The average Bonchev–Trinajstić information content (AvgIpc) is 3.00. The van der Waals surface area contributed by atoms with E-state index in [9.17, 15) is 8.42 Å². The van der Waals surface area contributed by atoms with Crippen molar-refractivity contribution in [3.63, 3.8) is 0 Å². The fraction of sp³-hybridized carbons (Fsp3) is 0.800. The third kappa shape index (κ3) is 4.28. The Balaban J connectivity index is 1.57. The molecule has 1 aliphatic carbocycles. The summed E-state index contributed by atoms with van der Waals surface area (Å²) in [7, 11) is -3.08. The second kappa shape index (κ2) is 6.95. The number of sulfonamides is 1. The minimum atomic E-state index is -3.08. The molecule has 124 valence electrons. The average molecular weight is 344 g/mol. The summed E-state index contributed by atoms with van der Waals surface area (Å²) >= 11 is 1.88. The molecule has 7 heteroatoms. The van der Waals surface area contributed by atoms with Crippen molar-refractivity contribution in [2.24, 2.45) is 0 Å². The van der Waals surface area contributed by atoms with Crippen molar-refractivity contribution in [1.82, 2.24) is 14.6 Å². The Kier molecular flexibility index (Phi) is 5.17. The summed E-state index contributed by atoms with van der Waals surface area (Å²) in [6.45, 7) is 2.57. The Morgan fingerprint density at radius 1 is 1.32 bits per heavy atom. The van der Waals surface area contributed by atoms with E-state index >= 15 is 0 Å². The maximum atomic E-state index is 11.2. The summed E-state index contributed by atoms with van der Waals surface area (Å²) in [5, 5.41) is 1.24. The lowest BCUT2D eigenvalue weighted by molar-refractivity contribution is 0.133. The van der Waals surface area contributed by atoms with Gasteiger partial charge in [-0.05, 0) is 45.1 Å². The second-order valence-corrected chi connectivity index (χ2v) is 9.41. The van der Waals surface area contributed by atoms with Crippen LogP contribution in [0, 0.1) is 0 Å². The molecule has 1 fully saturated rings. The van der Waals surface area contributed by atoms with E-state index in [4.69, 9.17) is 4.98 Å². The van der Waals surface area contributed by atoms with E-state index in [2.05, 4.69) is 9.62 Å². The minimum absolute atomic E-state index is 0.474. The molecule has 0 aromatic carbocycles. The smallest absolute Gasteiger partial charge is 0.208 e. The van der Waals surface area contributed by atoms with Gasteiger partial charge in [0, 0.05) is 17.5 Å². The summed E-state index contributed by atoms with van der Waals surface area (Å²) in [4.78, 5) is 8.79. The molecule has 1 atom stereocenters. The summed E-state index contributed by atoms with van der Waals surface area (Å²) in [5.74, 6) is 0. The third-order valence-electron chi connectivity index (χ3n) is 4.57. The van der Waals surface area contributed by atoms with Crippen molar-refractivity contribution in [3.8, 4) is 0 Å². The summed E-state index contributed by atoms with van der Waals surface area (Å²) in [6.07, 6.45) is 9.37. The second-order valence-electron chi connectivity index (χ2n) is 6.41. The molecule has 1 aromatic heterocycles. The van der Waals surface area contributed by atoms with Crippen LogP contribution in [0.2, 0.25) is 0 Å². The third-order valence-corrected chi connectivity index (χ3v) is 6.44. The first-order valence-corrected chi connectivity index (χ1v) is 10.9. The number of rotatable bonds is 6. The Hall–Kier alpha value is -0.500. The topological polar surface area (TPSA) is 62.3 Å². The largest absolute Gasteiger partial charge is 0.294 e. The van der Waals surface area contributed by atoms with Crippen LogP contribution in [0.1, 0.15) is 47.7 Å². The standard InChI is InChI=1S/C15H25N3O2S2/c1-22(19,20)16-9-8-12-5-2-3-10-18(12)11-15-17-13-6-4-7-14(13)21-15/h12,16H,2-11H2,1H3/t12-/m1/s1. The van der Waals surface area contributed by atoms with Crippen LogP contribution >= 0.6 is 11.3 Å². The molecule has 0 spiro atoms. The van der Waals surface area contributed by atoms with E-state index in [0.29, 0.717) is 12.6 Å². The van der Waals surface area contributed by atoms with E-state index in [-0.39, 0.29) is 0 Å². The fourth-order valence-corrected chi connectivity index (χ4v) is 5.16. The van der Waals surface area contributed by atoms with Gasteiger partial charge >= 0.3 is 0 Å². The zero-order chi connectivity index (χ0) is 15.6. The van der Waals surface area contributed by atoms with Crippen LogP contribution in [0.3, 0.4) is 0 Å². The molecule has 22 heavy (non-hydrogen) atoms. The molecule has 2 aliphatic rings. The van der Waals surface area contributed by atoms with Gasteiger partial charge in [0.15, 0.2) is 0 Å². The van der Waals surface area contributed by atoms with Crippen LogP contribution in [-0.2, 0) is 29.4 Å². The van der Waals surface area contributed by atoms with Crippen molar-refractivity contribution in [2.45, 2.75) is 57.5 Å². The van der Waals surface area contributed by atoms with Crippen molar-refractivity contribution in [1.29, 1.82) is 0 Å². The van der Waals surface area contributed by atoms with Crippen LogP contribution < -0.4 is 4.72 Å². The quantitative estimate of drug-likeness (QED) is 0.857. The van der Waals surface area contributed by atoms with E-state index in [1.54, 1.807) is 0 Å².